The standard InChI is InChI=1S/C29H49N3/c1-2-4-6-8-10-20-30(19-9-7-5-3-1)25-27-13-15-29(16-14-27)32-23-17-28(18-24-32)26-31-21-11-12-22-31/h13-16,28H,1-12,17-26H2. The Labute approximate surface area is 198 Å². The van der Waals surface area contributed by atoms with Gasteiger partial charge in [0, 0.05) is 31.9 Å². The molecule has 0 aliphatic carbocycles. The maximum absolute atomic E-state index is 2.73. The number of rotatable bonds is 5. The highest BCUT2D eigenvalue weighted by Crippen LogP contribution is 2.25. The van der Waals surface area contributed by atoms with Crippen molar-refractivity contribution >= 4 is 5.69 Å². The highest BCUT2D eigenvalue weighted by Gasteiger charge is 2.23. The van der Waals surface area contributed by atoms with E-state index in [0.717, 1.165) is 12.5 Å². The summed E-state index contributed by atoms with van der Waals surface area (Å²) in [5.41, 5.74) is 2.94. The second-order valence-corrected chi connectivity index (χ2v) is 10.9. The third-order valence-corrected chi connectivity index (χ3v) is 8.24. The van der Waals surface area contributed by atoms with Gasteiger partial charge in [-0.3, -0.25) is 4.90 Å². The zero-order chi connectivity index (χ0) is 21.8. The Morgan fingerprint density at radius 2 is 1.00 bits per heavy atom. The fourth-order valence-corrected chi connectivity index (χ4v) is 6.13. The fourth-order valence-electron chi connectivity index (χ4n) is 6.13. The van der Waals surface area contributed by atoms with Crippen molar-refractivity contribution in [3.8, 4) is 0 Å². The molecule has 3 saturated heterocycles. The van der Waals surface area contributed by atoms with Gasteiger partial charge in [0.25, 0.3) is 0 Å². The van der Waals surface area contributed by atoms with Gasteiger partial charge < -0.3 is 9.80 Å². The number of hydrogen-bond acceptors (Lipinski definition) is 3. The molecule has 3 heteroatoms. The topological polar surface area (TPSA) is 9.72 Å². The van der Waals surface area contributed by atoms with Crippen LogP contribution in [0.25, 0.3) is 0 Å². The van der Waals surface area contributed by atoms with Crippen molar-refractivity contribution in [1.82, 2.24) is 9.80 Å². The van der Waals surface area contributed by atoms with Crippen LogP contribution in [0.2, 0.25) is 0 Å². The Morgan fingerprint density at radius 1 is 0.531 bits per heavy atom. The monoisotopic (exact) mass is 439 g/mol. The second kappa shape index (κ2) is 13.6. The van der Waals surface area contributed by atoms with Crippen LogP contribution in [0.4, 0.5) is 5.69 Å². The SMILES string of the molecule is c1cc(N2CCC(CN3CCCC3)CC2)ccc1CN1CCCCCCCCCCCC1. The lowest BCUT2D eigenvalue weighted by Gasteiger charge is -2.35. The average Bonchev–Trinajstić information content (AvgIpc) is 3.34. The predicted octanol–water partition coefficient (Wildman–Crippen LogP) is 6.72. The van der Waals surface area contributed by atoms with Crippen molar-refractivity contribution in [2.45, 2.75) is 96.4 Å². The molecule has 4 rings (SSSR count). The van der Waals surface area contributed by atoms with E-state index in [-0.39, 0.29) is 0 Å². The molecule has 1 aromatic carbocycles. The van der Waals surface area contributed by atoms with Crippen LogP contribution < -0.4 is 4.90 Å². The van der Waals surface area contributed by atoms with Crippen molar-refractivity contribution < 1.29 is 0 Å². The summed E-state index contributed by atoms with van der Waals surface area (Å²) >= 11 is 0. The first-order valence-electron chi connectivity index (χ1n) is 14.2. The quantitative estimate of drug-likeness (QED) is 0.504. The highest BCUT2D eigenvalue weighted by molar-refractivity contribution is 5.48. The van der Waals surface area contributed by atoms with Crippen LogP contribution in [-0.4, -0.2) is 55.6 Å². The molecule has 0 aromatic heterocycles. The number of likely N-dealkylation sites (tertiary alicyclic amines) is 1. The Balaban J connectivity index is 1.22. The van der Waals surface area contributed by atoms with Crippen LogP contribution in [0.3, 0.4) is 0 Å². The van der Waals surface area contributed by atoms with E-state index < -0.39 is 0 Å². The van der Waals surface area contributed by atoms with Gasteiger partial charge in [0.05, 0.1) is 0 Å². The van der Waals surface area contributed by atoms with E-state index in [4.69, 9.17) is 0 Å². The largest absolute Gasteiger partial charge is 0.372 e. The van der Waals surface area contributed by atoms with Crippen LogP contribution >= 0.6 is 0 Å². The van der Waals surface area contributed by atoms with Crippen LogP contribution in [0.1, 0.15) is 95.5 Å². The lowest BCUT2D eigenvalue weighted by Crippen LogP contribution is -2.38. The third kappa shape index (κ3) is 8.06. The average molecular weight is 440 g/mol. The molecular weight excluding hydrogens is 390 g/mol. The summed E-state index contributed by atoms with van der Waals surface area (Å²) in [6.07, 6.45) is 19.9. The van der Waals surface area contributed by atoms with Gasteiger partial charge in [-0.15, -0.1) is 0 Å². The summed E-state index contributed by atoms with van der Waals surface area (Å²) in [6, 6.07) is 9.62. The highest BCUT2D eigenvalue weighted by atomic mass is 15.2. The first-order chi connectivity index (χ1) is 15.9. The van der Waals surface area contributed by atoms with Crippen molar-refractivity contribution in [1.29, 1.82) is 0 Å². The molecule has 3 fully saturated rings. The lowest BCUT2D eigenvalue weighted by molar-refractivity contribution is 0.249. The summed E-state index contributed by atoms with van der Waals surface area (Å²) in [6.45, 7) is 10.2. The molecule has 1 aromatic rings. The van der Waals surface area contributed by atoms with Crippen LogP contribution in [0, 0.1) is 5.92 Å². The first-order valence-corrected chi connectivity index (χ1v) is 14.2. The van der Waals surface area contributed by atoms with Crippen LogP contribution in [-0.2, 0) is 6.54 Å². The van der Waals surface area contributed by atoms with E-state index in [1.807, 2.05) is 0 Å². The van der Waals surface area contributed by atoms with Crippen molar-refractivity contribution in [3.63, 3.8) is 0 Å². The van der Waals surface area contributed by atoms with Gasteiger partial charge in [0.15, 0.2) is 0 Å². The molecule has 0 saturated carbocycles. The van der Waals surface area contributed by atoms with E-state index in [1.54, 1.807) is 0 Å². The predicted molar refractivity (Wildman–Crippen MR) is 138 cm³/mol. The molecule has 32 heavy (non-hydrogen) atoms. The van der Waals surface area contributed by atoms with Gasteiger partial charge in [0.1, 0.15) is 0 Å². The molecule has 3 aliphatic heterocycles. The van der Waals surface area contributed by atoms with Crippen molar-refractivity contribution in [2.24, 2.45) is 5.92 Å². The second-order valence-electron chi connectivity index (χ2n) is 10.9. The number of piperidine rings is 1. The van der Waals surface area contributed by atoms with Gasteiger partial charge in [0.2, 0.25) is 0 Å². The zero-order valence-corrected chi connectivity index (χ0v) is 20.8. The summed E-state index contributed by atoms with van der Waals surface area (Å²) in [7, 11) is 0. The normalized spacial score (nSPS) is 24.1. The molecule has 3 heterocycles. The maximum Gasteiger partial charge on any atom is 0.0366 e. The van der Waals surface area contributed by atoms with Crippen molar-refractivity contribution in [2.75, 3.05) is 50.7 Å². The molecule has 0 unspecified atom stereocenters. The molecule has 0 radical (unpaired) electrons. The van der Waals surface area contributed by atoms with E-state index in [2.05, 4.69) is 39.0 Å². The lowest BCUT2D eigenvalue weighted by atomic mass is 9.95. The molecule has 180 valence electrons. The van der Waals surface area contributed by atoms with Gasteiger partial charge in [-0.05, 0) is 88.3 Å². The zero-order valence-electron chi connectivity index (χ0n) is 20.8. The molecule has 0 amide bonds. The summed E-state index contributed by atoms with van der Waals surface area (Å²) in [5, 5.41) is 0. The number of benzene rings is 1. The van der Waals surface area contributed by atoms with Gasteiger partial charge >= 0.3 is 0 Å². The minimum absolute atomic E-state index is 0.918. The molecule has 0 atom stereocenters. The Kier molecular flexibility index (Phi) is 10.2. The molecule has 3 aliphatic rings. The van der Waals surface area contributed by atoms with E-state index >= 15 is 0 Å². The summed E-state index contributed by atoms with van der Waals surface area (Å²) in [4.78, 5) is 8.06. The van der Waals surface area contributed by atoms with Gasteiger partial charge in [-0.1, -0.05) is 63.5 Å². The van der Waals surface area contributed by atoms with Gasteiger partial charge in [-0.25, -0.2) is 0 Å². The van der Waals surface area contributed by atoms with Crippen LogP contribution in [0.15, 0.2) is 24.3 Å². The Bertz CT molecular complexity index is 600. The first kappa shape index (κ1) is 24.1. The smallest absolute Gasteiger partial charge is 0.0366 e. The molecule has 3 nitrogen and oxygen atoms in total. The maximum atomic E-state index is 2.73. The van der Waals surface area contributed by atoms with Crippen molar-refractivity contribution in [3.05, 3.63) is 29.8 Å². The Morgan fingerprint density at radius 3 is 1.56 bits per heavy atom. The number of hydrogen-bond donors (Lipinski definition) is 0. The minimum Gasteiger partial charge on any atom is -0.372 e. The number of anilines is 1. The molecule has 0 spiro atoms. The minimum atomic E-state index is 0.918. The fraction of sp³-hybridized carbons (Fsp3) is 0.793. The van der Waals surface area contributed by atoms with Gasteiger partial charge in [-0.2, -0.15) is 0 Å². The summed E-state index contributed by atoms with van der Waals surface area (Å²) in [5.74, 6) is 0.918. The third-order valence-electron chi connectivity index (χ3n) is 8.24. The molecular formula is C29H49N3. The number of nitrogens with zero attached hydrogens (tertiary/aromatic N) is 3. The molecule has 0 N–H and O–H groups in total. The van der Waals surface area contributed by atoms with Crippen LogP contribution in [0.5, 0.6) is 0 Å². The van der Waals surface area contributed by atoms with E-state index in [1.165, 1.54) is 147 Å². The molecule has 0 bridgehead atoms. The summed E-state index contributed by atoms with van der Waals surface area (Å²) < 4.78 is 0. The van der Waals surface area contributed by atoms with E-state index in [9.17, 15) is 0 Å². The Hall–Kier alpha value is -1.06. The van der Waals surface area contributed by atoms with E-state index in [0.29, 0.717) is 0 Å².